The van der Waals surface area contributed by atoms with Crippen LogP contribution < -0.4 is 0 Å². The quantitative estimate of drug-likeness (QED) is 0.671. The van der Waals surface area contributed by atoms with Gasteiger partial charge in [-0.1, -0.05) is 12.1 Å². The summed E-state index contributed by atoms with van der Waals surface area (Å²) in [5, 5.41) is 0. The molecule has 0 unspecified atom stereocenters. The SMILES string of the molecule is COC(=O)c1cccc(COC(=O)c2ccc3nc(C)c(C)nc3c2)c1. The first-order valence-corrected chi connectivity index (χ1v) is 8.07. The average Bonchev–Trinajstić information content (AvgIpc) is 2.66. The second-order valence-corrected chi connectivity index (χ2v) is 5.87. The number of carbonyl (C=O) groups excluding carboxylic acids is 2. The Hall–Kier alpha value is -3.28. The maximum absolute atomic E-state index is 12.3. The molecule has 0 bridgehead atoms. The number of esters is 2. The zero-order valence-corrected chi connectivity index (χ0v) is 14.8. The number of nitrogens with zero attached hydrogens (tertiary/aromatic N) is 2. The molecule has 0 aliphatic rings. The lowest BCUT2D eigenvalue weighted by Crippen LogP contribution is -2.07. The third-order valence-electron chi connectivity index (χ3n) is 4.03. The normalized spacial score (nSPS) is 10.6. The summed E-state index contributed by atoms with van der Waals surface area (Å²) < 4.78 is 10.0. The fourth-order valence-electron chi connectivity index (χ4n) is 2.50. The van der Waals surface area contributed by atoms with Crippen molar-refractivity contribution >= 4 is 23.0 Å². The largest absolute Gasteiger partial charge is 0.465 e. The van der Waals surface area contributed by atoms with Crippen molar-refractivity contribution < 1.29 is 19.1 Å². The summed E-state index contributed by atoms with van der Waals surface area (Å²) in [6, 6.07) is 11.9. The molecule has 1 heterocycles. The Balaban J connectivity index is 1.75. The Labute approximate surface area is 150 Å². The molecule has 0 aliphatic heterocycles. The van der Waals surface area contributed by atoms with Gasteiger partial charge in [-0.05, 0) is 49.7 Å². The van der Waals surface area contributed by atoms with Gasteiger partial charge in [-0.15, -0.1) is 0 Å². The molecule has 6 nitrogen and oxygen atoms in total. The van der Waals surface area contributed by atoms with Crippen LogP contribution >= 0.6 is 0 Å². The van der Waals surface area contributed by atoms with Crippen LogP contribution in [-0.2, 0) is 16.1 Å². The molecule has 0 saturated heterocycles. The summed E-state index contributed by atoms with van der Waals surface area (Å²) in [6.07, 6.45) is 0. The lowest BCUT2D eigenvalue weighted by molar-refractivity contribution is 0.0473. The summed E-state index contributed by atoms with van der Waals surface area (Å²) in [6.45, 7) is 3.83. The van der Waals surface area contributed by atoms with Gasteiger partial charge >= 0.3 is 11.9 Å². The van der Waals surface area contributed by atoms with Crippen molar-refractivity contribution in [1.82, 2.24) is 9.97 Å². The minimum absolute atomic E-state index is 0.0559. The van der Waals surface area contributed by atoms with Crippen molar-refractivity contribution in [2.75, 3.05) is 7.11 Å². The van der Waals surface area contributed by atoms with Gasteiger partial charge in [0, 0.05) is 0 Å². The van der Waals surface area contributed by atoms with E-state index in [-0.39, 0.29) is 6.61 Å². The fourth-order valence-corrected chi connectivity index (χ4v) is 2.50. The molecule has 0 N–H and O–H groups in total. The Morgan fingerprint density at radius 2 is 1.58 bits per heavy atom. The van der Waals surface area contributed by atoms with E-state index in [4.69, 9.17) is 4.74 Å². The monoisotopic (exact) mass is 350 g/mol. The number of aryl methyl sites for hydroxylation is 2. The highest BCUT2D eigenvalue weighted by Gasteiger charge is 2.11. The number of fused-ring (bicyclic) bond motifs is 1. The van der Waals surface area contributed by atoms with E-state index in [2.05, 4.69) is 14.7 Å². The average molecular weight is 350 g/mol. The van der Waals surface area contributed by atoms with Crippen molar-refractivity contribution in [3.05, 3.63) is 70.5 Å². The van der Waals surface area contributed by atoms with Gasteiger partial charge in [0.25, 0.3) is 0 Å². The molecule has 6 heteroatoms. The number of methoxy groups -OCH3 is 1. The first-order valence-electron chi connectivity index (χ1n) is 8.07. The van der Waals surface area contributed by atoms with Crippen molar-refractivity contribution in [3.63, 3.8) is 0 Å². The molecule has 0 saturated carbocycles. The molecule has 0 atom stereocenters. The highest BCUT2D eigenvalue weighted by Crippen LogP contribution is 2.16. The third kappa shape index (κ3) is 3.69. The molecule has 3 aromatic rings. The highest BCUT2D eigenvalue weighted by atomic mass is 16.5. The lowest BCUT2D eigenvalue weighted by atomic mass is 10.1. The second kappa shape index (κ2) is 7.31. The second-order valence-electron chi connectivity index (χ2n) is 5.87. The fraction of sp³-hybridized carbons (Fsp3) is 0.200. The van der Waals surface area contributed by atoms with E-state index < -0.39 is 11.9 Å². The first kappa shape index (κ1) is 17.5. The van der Waals surface area contributed by atoms with Gasteiger partial charge in [0.2, 0.25) is 0 Å². The smallest absolute Gasteiger partial charge is 0.338 e. The van der Waals surface area contributed by atoms with Crippen molar-refractivity contribution in [2.24, 2.45) is 0 Å². The maximum Gasteiger partial charge on any atom is 0.338 e. The zero-order valence-electron chi connectivity index (χ0n) is 14.8. The van der Waals surface area contributed by atoms with Gasteiger partial charge in [0.1, 0.15) is 6.61 Å². The van der Waals surface area contributed by atoms with E-state index in [1.807, 2.05) is 13.8 Å². The number of benzene rings is 2. The van der Waals surface area contributed by atoms with Crippen LogP contribution in [0.2, 0.25) is 0 Å². The van der Waals surface area contributed by atoms with Crippen molar-refractivity contribution in [1.29, 1.82) is 0 Å². The van der Waals surface area contributed by atoms with E-state index >= 15 is 0 Å². The van der Waals surface area contributed by atoms with Crippen LogP contribution in [-0.4, -0.2) is 29.0 Å². The topological polar surface area (TPSA) is 78.4 Å². The van der Waals surface area contributed by atoms with E-state index in [0.717, 1.165) is 16.9 Å². The van der Waals surface area contributed by atoms with E-state index in [1.165, 1.54) is 7.11 Å². The van der Waals surface area contributed by atoms with Crippen LogP contribution in [0.5, 0.6) is 0 Å². The van der Waals surface area contributed by atoms with Gasteiger partial charge in [-0.25, -0.2) is 19.6 Å². The molecule has 0 fully saturated rings. The standard InChI is InChI=1S/C20H18N2O4/c1-12-13(2)22-18-10-16(7-8-17(18)21-12)20(24)26-11-14-5-4-6-15(9-14)19(23)25-3/h4-10H,11H2,1-3H3. The van der Waals surface area contributed by atoms with Crippen LogP contribution in [0, 0.1) is 13.8 Å². The number of hydrogen-bond donors (Lipinski definition) is 0. The van der Waals surface area contributed by atoms with Gasteiger partial charge in [-0.2, -0.15) is 0 Å². The minimum atomic E-state index is -0.463. The summed E-state index contributed by atoms with van der Waals surface area (Å²) in [5.41, 5.74) is 4.58. The molecular weight excluding hydrogens is 332 g/mol. The predicted octanol–water partition coefficient (Wildman–Crippen LogP) is 3.39. The van der Waals surface area contributed by atoms with Gasteiger partial charge in [0.15, 0.2) is 0 Å². The minimum Gasteiger partial charge on any atom is -0.465 e. The maximum atomic E-state index is 12.3. The summed E-state index contributed by atoms with van der Waals surface area (Å²) in [4.78, 5) is 32.8. The molecule has 26 heavy (non-hydrogen) atoms. The summed E-state index contributed by atoms with van der Waals surface area (Å²) in [5.74, 6) is -0.896. The zero-order chi connectivity index (χ0) is 18.7. The molecule has 0 radical (unpaired) electrons. The molecule has 1 aromatic heterocycles. The molecule has 0 spiro atoms. The molecule has 0 amide bonds. The van der Waals surface area contributed by atoms with Gasteiger partial charge in [0.05, 0.1) is 40.7 Å². The number of hydrogen-bond acceptors (Lipinski definition) is 6. The number of carbonyl (C=O) groups is 2. The number of rotatable bonds is 4. The summed E-state index contributed by atoms with van der Waals surface area (Å²) >= 11 is 0. The number of aromatic nitrogens is 2. The number of ether oxygens (including phenoxy) is 2. The summed E-state index contributed by atoms with van der Waals surface area (Å²) in [7, 11) is 1.32. The first-order chi connectivity index (χ1) is 12.5. The predicted molar refractivity (Wildman–Crippen MR) is 95.9 cm³/mol. The van der Waals surface area contributed by atoms with E-state index in [0.29, 0.717) is 22.2 Å². The van der Waals surface area contributed by atoms with Crippen LogP contribution in [0.1, 0.15) is 37.7 Å². The van der Waals surface area contributed by atoms with Crippen molar-refractivity contribution in [2.45, 2.75) is 20.5 Å². The van der Waals surface area contributed by atoms with Crippen LogP contribution in [0.3, 0.4) is 0 Å². The van der Waals surface area contributed by atoms with Gasteiger partial charge in [-0.3, -0.25) is 0 Å². The molecular formula is C20H18N2O4. The molecule has 3 rings (SSSR count). The Morgan fingerprint density at radius 3 is 2.31 bits per heavy atom. The lowest BCUT2D eigenvalue weighted by Gasteiger charge is -2.08. The Bertz CT molecular complexity index is 998. The third-order valence-corrected chi connectivity index (χ3v) is 4.03. The van der Waals surface area contributed by atoms with Crippen LogP contribution in [0.25, 0.3) is 11.0 Å². The Kier molecular flexibility index (Phi) is 4.93. The van der Waals surface area contributed by atoms with Crippen LogP contribution in [0.4, 0.5) is 0 Å². The van der Waals surface area contributed by atoms with E-state index in [1.54, 1.807) is 42.5 Å². The van der Waals surface area contributed by atoms with E-state index in [9.17, 15) is 9.59 Å². The highest BCUT2D eigenvalue weighted by molar-refractivity contribution is 5.93. The Morgan fingerprint density at radius 1 is 0.885 bits per heavy atom. The van der Waals surface area contributed by atoms with Crippen molar-refractivity contribution in [3.8, 4) is 0 Å². The molecule has 132 valence electrons. The van der Waals surface area contributed by atoms with Gasteiger partial charge < -0.3 is 9.47 Å². The molecule has 2 aromatic carbocycles. The van der Waals surface area contributed by atoms with Crippen LogP contribution in [0.15, 0.2) is 42.5 Å². The molecule has 0 aliphatic carbocycles.